The molecule has 0 fully saturated rings. The molecule has 0 spiro atoms. The van der Waals surface area contributed by atoms with Gasteiger partial charge in [-0.3, -0.25) is 0 Å². The Kier molecular flexibility index (Phi) is 3.99. The van der Waals surface area contributed by atoms with Gasteiger partial charge in [0.05, 0.1) is 12.1 Å². The van der Waals surface area contributed by atoms with Gasteiger partial charge in [-0.1, -0.05) is 5.92 Å². The number of aliphatic carboxylic acids is 1. The Labute approximate surface area is 95.3 Å². The zero-order valence-corrected chi connectivity index (χ0v) is 8.51. The summed E-state index contributed by atoms with van der Waals surface area (Å²) in [6, 6.07) is 4.39. The van der Waals surface area contributed by atoms with Gasteiger partial charge in [-0.25, -0.2) is 4.79 Å². The highest BCUT2D eigenvalue weighted by atomic mass is 19.4. The third kappa shape index (κ3) is 4.47. The third-order valence-corrected chi connectivity index (χ3v) is 1.79. The monoisotopic (exact) mass is 243 g/mol. The molecule has 17 heavy (non-hydrogen) atoms. The summed E-state index contributed by atoms with van der Waals surface area (Å²) in [6.45, 7) is 0.0532. The maximum Gasteiger partial charge on any atom is 0.416 e. The molecule has 90 valence electrons. The molecule has 0 amide bonds. The molecule has 1 aromatic carbocycles. The standard InChI is InChI=1S/C11H8F3NO2/c12-11(13,14)8-3-5-9(6-4-8)15-7-1-2-10(16)17/h3-6,15H,7H2,(H,16,17). The van der Waals surface area contributed by atoms with Crippen LogP contribution in [0.5, 0.6) is 0 Å². The van der Waals surface area contributed by atoms with Crippen molar-refractivity contribution in [2.45, 2.75) is 6.18 Å². The predicted molar refractivity (Wildman–Crippen MR) is 55.3 cm³/mol. The lowest BCUT2D eigenvalue weighted by atomic mass is 10.2. The first-order chi connectivity index (χ1) is 7.89. The highest BCUT2D eigenvalue weighted by Crippen LogP contribution is 2.29. The number of hydrogen-bond acceptors (Lipinski definition) is 2. The molecule has 0 aliphatic heterocycles. The van der Waals surface area contributed by atoms with E-state index in [1.807, 2.05) is 5.92 Å². The molecule has 0 heterocycles. The van der Waals surface area contributed by atoms with E-state index in [4.69, 9.17) is 5.11 Å². The molecule has 1 rings (SSSR count). The highest BCUT2D eigenvalue weighted by Gasteiger charge is 2.29. The fraction of sp³-hybridized carbons (Fsp3) is 0.182. The molecule has 0 saturated carbocycles. The second kappa shape index (κ2) is 5.25. The van der Waals surface area contributed by atoms with Crippen molar-refractivity contribution in [3.05, 3.63) is 29.8 Å². The fourth-order valence-electron chi connectivity index (χ4n) is 1.04. The van der Waals surface area contributed by atoms with Crippen LogP contribution in [0.2, 0.25) is 0 Å². The zero-order chi connectivity index (χ0) is 12.9. The molecule has 0 aliphatic carbocycles. The van der Waals surface area contributed by atoms with Gasteiger partial charge in [0.15, 0.2) is 0 Å². The van der Waals surface area contributed by atoms with Crippen LogP contribution in [-0.2, 0) is 11.0 Å². The number of nitrogens with one attached hydrogen (secondary N) is 1. The molecule has 0 atom stereocenters. The van der Waals surface area contributed by atoms with E-state index >= 15 is 0 Å². The van der Waals surface area contributed by atoms with Gasteiger partial charge < -0.3 is 10.4 Å². The first-order valence-corrected chi connectivity index (χ1v) is 4.52. The van der Waals surface area contributed by atoms with Gasteiger partial charge >= 0.3 is 12.1 Å². The summed E-state index contributed by atoms with van der Waals surface area (Å²) < 4.78 is 36.6. The van der Waals surface area contributed by atoms with Crippen molar-refractivity contribution in [1.82, 2.24) is 0 Å². The maximum absolute atomic E-state index is 12.2. The summed E-state index contributed by atoms with van der Waals surface area (Å²) in [5.74, 6) is 2.92. The first-order valence-electron chi connectivity index (χ1n) is 4.52. The van der Waals surface area contributed by atoms with E-state index in [9.17, 15) is 18.0 Å². The number of carboxylic acids is 1. The average molecular weight is 243 g/mol. The zero-order valence-electron chi connectivity index (χ0n) is 8.51. The molecule has 0 aliphatic rings. The van der Waals surface area contributed by atoms with E-state index in [1.165, 1.54) is 12.1 Å². The van der Waals surface area contributed by atoms with Gasteiger partial charge in [0, 0.05) is 11.6 Å². The molecule has 3 nitrogen and oxygen atoms in total. The van der Waals surface area contributed by atoms with E-state index in [0.29, 0.717) is 5.69 Å². The summed E-state index contributed by atoms with van der Waals surface area (Å²) in [4.78, 5) is 10.0. The van der Waals surface area contributed by atoms with Crippen LogP contribution in [0, 0.1) is 11.8 Å². The SMILES string of the molecule is O=C(O)C#CCNc1ccc(C(F)(F)F)cc1. The van der Waals surface area contributed by atoms with Crippen molar-refractivity contribution in [2.24, 2.45) is 0 Å². The quantitative estimate of drug-likeness (QED) is 0.783. The number of rotatable bonds is 2. The number of anilines is 1. The Bertz CT molecular complexity index is 454. The summed E-state index contributed by atoms with van der Waals surface area (Å²) in [6.07, 6.45) is -4.36. The summed E-state index contributed by atoms with van der Waals surface area (Å²) >= 11 is 0. The Morgan fingerprint density at radius 1 is 1.29 bits per heavy atom. The number of carbonyl (C=O) groups is 1. The van der Waals surface area contributed by atoms with Crippen molar-refractivity contribution in [2.75, 3.05) is 11.9 Å². The lowest BCUT2D eigenvalue weighted by Gasteiger charge is -2.07. The molecule has 0 unspecified atom stereocenters. The number of benzene rings is 1. The minimum absolute atomic E-state index is 0.0532. The summed E-state index contributed by atoms with van der Waals surface area (Å²) in [5, 5.41) is 10.9. The van der Waals surface area contributed by atoms with E-state index in [-0.39, 0.29) is 6.54 Å². The molecule has 1 aromatic rings. The predicted octanol–water partition coefficient (Wildman–Crippen LogP) is 2.21. The summed E-state index contributed by atoms with van der Waals surface area (Å²) in [7, 11) is 0. The Hall–Kier alpha value is -2.16. The first kappa shape index (κ1) is 12.9. The van der Waals surface area contributed by atoms with Crippen molar-refractivity contribution in [3.8, 4) is 11.8 Å². The molecule has 6 heteroatoms. The molecule has 0 radical (unpaired) electrons. The van der Waals surface area contributed by atoms with Crippen LogP contribution < -0.4 is 5.32 Å². The molecule has 2 N–H and O–H groups in total. The van der Waals surface area contributed by atoms with Gasteiger partial charge in [-0.15, -0.1) is 0 Å². The van der Waals surface area contributed by atoms with Crippen LogP contribution in [0.3, 0.4) is 0 Å². The Morgan fingerprint density at radius 3 is 2.35 bits per heavy atom. The molecular weight excluding hydrogens is 235 g/mol. The van der Waals surface area contributed by atoms with E-state index < -0.39 is 17.7 Å². The Balaban J connectivity index is 2.58. The van der Waals surface area contributed by atoms with Gasteiger partial charge in [0.25, 0.3) is 0 Å². The number of hydrogen-bond donors (Lipinski definition) is 2. The average Bonchev–Trinajstić information content (AvgIpc) is 2.23. The van der Waals surface area contributed by atoms with Crippen molar-refractivity contribution >= 4 is 11.7 Å². The molecular formula is C11H8F3NO2. The largest absolute Gasteiger partial charge is 0.472 e. The summed E-state index contributed by atoms with van der Waals surface area (Å²) in [5.41, 5.74) is -0.294. The maximum atomic E-state index is 12.2. The lowest BCUT2D eigenvalue weighted by molar-refractivity contribution is -0.137. The number of carboxylic acid groups (broad SMARTS) is 1. The second-order valence-electron chi connectivity index (χ2n) is 3.04. The normalized spacial score (nSPS) is 10.3. The van der Waals surface area contributed by atoms with E-state index in [1.54, 1.807) is 0 Å². The fourth-order valence-corrected chi connectivity index (χ4v) is 1.04. The minimum Gasteiger partial charge on any atom is -0.472 e. The third-order valence-electron chi connectivity index (χ3n) is 1.79. The molecule has 0 saturated heterocycles. The minimum atomic E-state index is -4.36. The topological polar surface area (TPSA) is 49.3 Å². The van der Waals surface area contributed by atoms with Crippen LogP contribution in [0.15, 0.2) is 24.3 Å². The van der Waals surface area contributed by atoms with Crippen molar-refractivity contribution in [1.29, 1.82) is 0 Å². The van der Waals surface area contributed by atoms with Gasteiger partial charge in [-0.2, -0.15) is 13.2 Å². The van der Waals surface area contributed by atoms with Crippen molar-refractivity contribution in [3.63, 3.8) is 0 Å². The smallest absolute Gasteiger partial charge is 0.416 e. The van der Waals surface area contributed by atoms with Gasteiger partial charge in [-0.05, 0) is 24.3 Å². The van der Waals surface area contributed by atoms with Gasteiger partial charge in [0.2, 0.25) is 0 Å². The van der Waals surface area contributed by atoms with Crippen LogP contribution in [-0.4, -0.2) is 17.6 Å². The van der Waals surface area contributed by atoms with Gasteiger partial charge in [0.1, 0.15) is 0 Å². The van der Waals surface area contributed by atoms with E-state index in [0.717, 1.165) is 12.1 Å². The van der Waals surface area contributed by atoms with Crippen LogP contribution in [0.1, 0.15) is 5.56 Å². The molecule has 0 bridgehead atoms. The van der Waals surface area contributed by atoms with Crippen molar-refractivity contribution < 1.29 is 23.1 Å². The lowest BCUT2D eigenvalue weighted by Crippen LogP contribution is -2.05. The second-order valence-corrected chi connectivity index (χ2v) is 3.04. The molecule has 0 aromatic heterocycles. The van der Waals surface area contributed by atoms with Crippen LogP contribution in [0.25, 0.3) is 0 Å². The van der Waals surface area contributed by atoms with Crippen LogP contribution >= 0.6 is 0 Å². The van der Waals surface area contributed by atoms with Crippen LogP contribution in [0.4, 0.5) is 18.9 Å². The highest BCUT2D eigenvalue weighted by molar-refractivity contribution is 5.86. The number of halogens is 3. The Morgan fingerprint density at radius 2 is 1.88 bits per heavy atom. The number of alkyl halides is 3. The van der Waals surface area contributed by atoms with E-state index in [2.05, 4.69) is 11.2 Å².